The van der Waals surface area contributed by atoms with Crippen LogP contribution in [0.3, 0.4) is 0 Å². The lowest BCUT2D eigenvalue weighted by Crippen LogP contribution is -2.09. The lowest BCUT2D eigenvalue weighted by Gasteiger charge is -2.10. The van der Waals surface area contributed by atoms with Gasteiger partial charge in [0.2, 0.25) is 5.91 Å². The van der Waals surface area contributed by atoms with Crippen LogP contribution in [0.4, 0.5) is 5.69 Å². The van der Waals surface area contributed by atoms with Crippen LogP contribution in [-0.2, 0) is 4.79 Å². The first-order chi connectivity index (χ1) is 13.7. The van der Waals surface area contributed by atoms with Crippen LogP contribution in [0.2, 0.25) is 0 Å². The van der Waals surface area contributed by atoms with Crippen molar-refractivity contribution in [3.8, 4) is 23.3 Å². The van der Waals surface area contributed by atoms with Gasteiger partial charge in [-0.2, -0.15) is 0 Å². The molecule has 0 aliphatic heterocycles. The van der Waals surface area contributed by atoms with Crippen LogP contribution in [-0.4, -0.2) is 25.9 Å². The molecule has 1 amide bonds. The van der Waals surface area contributed by atoms with Gasteiger partial charge in [-0.3, -0.25) is 9.59 Å². The number of methoxy groups -OCH3 is 1. The Kier molecular flexibility index (Phi) is 8.35. The number of rotatable bonds is 8. The number of hydrogen-bond acceptors (Lipinski definition) is 4. The van der Waals surface area contributed by atoms with Crippen molar-refractivity contribution < 1.29 is 19.1 Å². The molecular formula is C23H23NO4. The molecular weight excluding hydrogens is 354 g/mol. The van der Waals surface area contributed by atoms with Gasteiger partial charge in [-0.15, -0.1) is 5.92 Å². The lowest BCUT2D eigenvalue weighted by atomic mass is 10.1. The molecule has 2 rings (SSSR count). The standard InChI is InChI=1S/C23H23NO4/c1-3-4-5-8-15-28-21-13-11-18(16-22(21)27-2)12-14-23(26)24-20-10-7-6-9-19(20)17-25/h6-7,9-14,16-17H,3,8,15H2,1-2H3,(H,24,26)/b14-12+. The summed E-state index contributed by atoms with van der Waals surface area (Å²) >= 11 is 0. The van der Waals surface area contributed by atoms with E-state index in [0.29, 0.717) is 42.1 Å². The number of ether oxygens (including phenoxy) is 2. The summed E-state index contributed by atoms with van der Waals surface area (Å²) in [4.78, 5) is 23.1. The van der Waals surface area contributed by atoms with E-state index in [1.54, 1.807) is 49.6 Å². The van der Waals surface area contributed by atoms with Crippen molar-refractivity contribution in [2.24, 2.45) is 0 Å². The van der Waals surface area contributed by atoms with E-state index in [0.717, 1.165) is 12.0 Å². The van der Waals surface area contributed by atoms with Crippen molar-refractivity contribution in [3.05, 3.63) is 59.7 Å². The highest BCUT2D eigenvalue weighted by atomic mass is 16.5. The van der Waals surface area contributed by atoms with Crippen molar-refractivity contribution in [1.29, 1.82) is 0 Å². The third-order valence-electron chi connectivity index (χ3n) is 3.75. The van der Waals surface area contributed by atoms with E-state index in [-0.39, 0.29) is 5.91 Å². The third kappa shape index (κ3) is 6.33. The first kappa shape index (κ1) is 20.8. The van der Waals surface area contributed by atoms with Gasteiger partial charge in [0.15, 0.2) is 17.8 Å². The second kappa shape index (κ2) is 11.2. The third-order valence-corrected chi connectivity index (χ3v) is 3.75. The molecule has 0 fully saturated rings. The van der Waals surface area contributed by atoms with Gasteiger partial charge in [-0.25, -0.2) is 0 Å². The van der Waals surface area contributed by atoms with Gasteiger partial charge in [0.25, 0.3) is 0 Å². The minimum Gasteiger partial charge on any atom is -0.493 e. The molecule has 144 valence electrons. The monoisotopic (exact) mass is 377 g/mol. The molecule has 28 heavy (non-hydrogen) atoms. The van der Waals surface area contributed by atoms with Crippen LogP contribution >= 0.6 is 0 Å². The molecule has 5 nitrogen and oxygen atoms in total. The van der Waals surface area contributed by atoms with Crippen LogP contribution in [0.25, 0.3) is 6.08 Å². The summed E-state index contributed by atoms with van der Waals surface area (Å²) in [7, 11) is 1.57. The van der Waals surface area contributed by atoms with Gasteiger partial charge in [-0.05, 0) is 35.9 Å². The molecule has 0 atom stereocenters. The second-order valence-electron chi connectivity index (χ2n) is 5.74. The Hall–Kier alpha value is -3.52. The van der Waals surface area contributed by atoms with Gasteiger partial charge in [0.1, 0.15) is 0 Å². The van der Waals surface area contributed by atoms with E-state index < -0.39 is 0 Å². The molecule has 0 saturated carbocycles. The van der Waals surface area contributed by atoms with Crippen LogP contribution in [0, 0.1) is 11.8 Å². The molecule has 0 saturated heterocycles. The molecule has 0 aliphatic rings. The number of carbonyl (C=O) groups is 2. The van der Waals surface area contributed by atoms with Gasteiger partial charge >= 0.3 is 0 Å². The second-order valence-corrected chi connectivity index (χ2v) is 5.74. The van der Waals surface area contributed by atoms with Crippen LogP contribution in [0.15, 0.2) is 48.5 Å². The van der Waals surface area contributed by atoms with E-state index in [2.05, 4.69) is 17.2 Å². The Morgan fingerprint density at radius 3 is 2.71 bits per heavy atom. The topological polar surface area (TPSA) is 64.6 Å². The molecule has 5 heteroatoms. The molecule has 2 aromatic rings. The molecule has 0 bridgehead atoms. The highest BCUT2D eigenvalue weighted by Crippen LogP contribution is 2.28. The van der Waals surface area contributed by atoms with E-state index in [1.165, 1.54) is 6.08 Å². The Bertz CT molecular complexity index is 906. The zero-order valence-electron chi connectivity index (χ0n) is 16.0. The van der Waals surface area contributed by atoms with Gasteiger partial charge < -0.3 is 14.8 Å². The van der Waals surface area contributed by atoms with Gasteiger partial charge in [-0.1, -0.05) is 31.0 Å². The fourth-order valence-electron chi connectivity index (χ4n) is 2.39. The number of benzene rings is 2. The van der Waals surface area contributed by atoms with Crippen LogP contribution < -0.4 is 14.8 Å². The Morgan fingerprint density at radius 1 is 1.14 bits per heavy atom. The number of aldehydes is 1. The van der Waals surface area contributed by atoms with Crippen molar-refractivity contribution >= 4 is 24.0 Å². The lowest BCUT2D eigenvalue weighted by molar-refractivity contribution is -0.111. The fraction of sp³-hybridized carbons (Fsp3) is 0.217. The van der Waals surface area contributed by atoms with Crippen molar-refractivity contribution in [2.45, 2.75) is 19.8 Å². The molecule has 0 unspecified atom stereocenters. The largest absolute Gasteiger partial charge is 0.493 e. The average molecular weight is 377 g/mol. The summed E-state index contributed by atoms with van der Waals surface area (Å²) in [5, 5.41) is 2.69. The molecule has 0 heterocycles. The summed E-state index contributed by atoms with van der Waals surface area (Å²) in [6.07, 6.45) is 5.26. The SMILES string of the molecule is CCC#CCCOc1ccc(/C=C/C(=O)Nc2ccccc2C=O)cc1OC. The van der Waals surface area contributed by atoms with Crippen LogP contribution in [0.5, 0.6) is 11.5 Å². The summed E-state index contributed by atoms with van der Waals surface area (Å²) in [5.41, 5.74) is 1.68. The van der Waals surface area contributed by atoms with Gasteiger partial charge in [0, 0.05) is 24.5 Å². The highest BCUT2D eigenvalue weighted by molar-refractivity contribution is 6.04. The predicted molar refractivity (Wildman–Crippen MR) is 111 cm³/mol. The predicted octanol–water partition coefficient (Wildman–Crippen LogP) is 4.34. The Labute approximate surface area is 165 Å². The van der Waals surface area contributed by atoms with Gasteiger partial charge in [0.05, 0.1) is 19.4 Å². The van der Waals surface area contributed by atoms with Crippen molar-refractivity contribution in [3.63, 3.8) is 0 Å². The molecule has 0 aliphatic carbocycles. The van der Waals surface area contributed by atoms with Crippen molar-refractivity contribution in [2.75, 3.05) is 19.0 Å². The van der Waals surface area contributed by atoms with Crippen LogP contribution in [0.1, 0.15) is 35.7 Å². The highest BCUT2D eigenvalue weighted by Gasteiger charge is 2.06. The molecule has 0 radical (unpaired) electrons. The minimum absolute atomic E-state index is 0.330. The molecule has 1 N–H and O–H groups in total. The average Bonchev–Trinajstić information content (AvgIpc) is 2.73. The maximum atomic E-state index is 12.1. The zero-order chi connectivity index (χ0) is 20.2. The Balaban J connectivity index is 2.00. The molecule has 2 aromatic carbocycles. The number of amides is 1. The minimum atomic E-state index is -0.330. The zero-order valence-corrected chi connectivity index (χ0v) is 16.0. The summed E-state index contributed by atoms with van der Waals surface area (Å²) in [6, 6.07) is 12.2. The summed E-state index contributed by atoms with van der Waals surface area (Å²) in [6.45, 7) is 2.49. The number of carbonyl (C=O) groups excluding carboxylic acids is 2. The quantitative estimate of drug-likeness (QED) is 0.322. The maximum Gasteiger partial charge on any atom is 0.248 e. The molecule has 0 spiro atoms. The first-order valence-electron chi connectivity index (χ1n) is 8.97. The van der Waals surface area contributed by atoms with E-state index >= 15 is 0 Å². The smallest absolute Gasteiger partial charge is 0.248 e. The summed E-state index contributed by atoms with van der Waals surface area (Å²) in [5.74, 6) is 6.90. The first-order valence-corrected chi connectivity index (χ1v) is 8.97. The number of nitrogens with one attached hydrogen (secondary N) is 1. The maximum absolute atomic E-state index is 12.1. The summed E-state index contributed by atoms with van der Waals surface area (Å²) < 4.78 is 11.1. The van der Waals surface area contributed by atoms with E-state index in [9.17, 15) is 9.59 Å². The number of anilines is 1. The van der Waals surface area contributed by atoms with Crippen molar-refractivity contribution in [1.82, 2.24) is 0 Å². The normalized spacial score (nSPS) is 10.1. The van der Waals surface area contributed by atoms with E-state index in [4.69, 9.17) is 9.47 Å². The number of para-hydroxylation sites is 1. The van der Waals surface area contributed by atoms with E-state index in [1.807, 2.05) is 13.0 Å². The molecule has 0 aromatic heterocycles. The number of hydrogen-bond donors (Lipinski definition) is 1. The fourth-order valence-corrected chi connectivity index (χ4v) is 2.39. The Morgan fingerprint density at radius 2 is 1.96 bits per heavy atom.